The predicted octanol–water partition coefficient (Wildman–Crippen LogP) is 4.37. The van der Waals surface area contributed by atoms with Crippen molar-refractivity contribution < 1.29 is 9.53 Å². The van der Waals surface area contributed by atoms with Crippen molar-refractivity contribution in [2.45, 2.75) is 58.0 Å². The lowest BCUT2D eigenvalue weighted by Crippen LogP contribution is -2.41. The highest BCUT2D eigenvalue weighted by Gasteiger charge is 2.31. The number of aromatic nitrogens is 1. The van der Waals surface area contributed by atoms with E-state index in [1.165, 1.54) is 36.6 Å². The van der Waals surface area contributed by atoms with Gasteiger partial charge in [0.1, 0.15) is 5.75 Å². The monoisotopic (exact) mass is 379 g/mol. The number of carbonyl (C=O) groups is 1. The molecule has 1 aromatic carbocycles. The van der Waals surface area contributed by atoms with Gasteiger partial charge < -0.3 is 15.8 Å². The fraction of sp³-hybridized carbons (Fsp3) is 0.478. The first-order chi connectivity index (χ1) is 13.5. The van der Waals surface area contributed by atoms with Crippen molar-refractivity contribution in [2.75, 3.05) is 0 Å². The van der Waals surface area contributed by atoms with E-state index in [9.17, 15) is 4.79 Å². The summed E-state index contributed by atoms with van der Waals surface area (Å²) in [5, 5.41) is 3.94. The number of nitrogens with two attached hydrogens (primary N) is 1. The quantitative estimate of drug-likeness (QED) is 0.808. The lowest BCUT2D eigenvalue weighted by molar-refractivity contribution is 0.1000. The Kier molecular flexibility index (Phi) is 5.36. The number of hydrogen-bond donors (Lipinski definition) is 2. The average molecular weight is 380 g/mol. The van der Waals surface area contributed by atoms with Gasteiger partial charge in [0, 0.05) is 24.3 Å². The van der Waals surface area contributed by atoms with Gasteiger partial charge in [0.05, 0.1) is 5.56 Å². The van der Waals surface area contributed by atoms with Crippen molar-refractivity contribution in [3.8, 4) is 11.6 Å². The zero-order chi connectivity index (χ0) is 19.7. The zero-order valence-electron chi connectivity index (χ0n) is 16.7. The highest BCUT2D eigenvalue weighted by atomic mass is 16.5. The Balaban J connectivity index is 1.44. The summed E-state index contributed by atoms with van der Waals surface area (Å²) >= 11 is 0. The minimum atomic E-state index is -0.489. The van der Waals surface area contributed by atoms with Gasteiger partial charge in [-0.2, -0.15) is 0 Å². The Bertz CT molecular complexity index is 849. The van der Waals surface area contributed by atoms with Crippen molar-refractivity contribution in [1.82, 2.24) is 10.3 Å². The second-order valence-corrected chi connectivity index (χ2v) is 8.34. The molecule has 0 spiro atoms. The lowest BCUT2D eigenvalue weighted by Gasteiger charge is -2.36. The zero-order valence-corrected chi connectivity index (χ0v) is 16.7. The van der Waals surface area contributed by atoms with E-state index in [0.29, 0.717) is 23.5 Å². The van der Waals surface area contributed by atoms with Crippen LogP contribution in [0.4, 0.5) is 0 Å². The van der Waals surface area contributed by atoms with Crippen LogP contribution in [0.3, 0.4) is 0 Å². The van der Waals surface area contributed by atoms with Gasteiger partial charge >= 0.3 is 0 Å². The van der Waals surface area contributed by atoms with Gasteiger partial charge in [-0.25, -0.2) is 4.98 Å². The van der Waals surface area contributed by atoms with Crippen LogP contribution in [0.5, 0.6) is 11.6 Å². The second-order valence-electron chi connectivity index (χ2n) is 8.34. The third kappa shape index (κ3) is 3.90. The van der Waals surface area contributed by atoms with Gasteiger partial charge in [0.15, 0.2) is 0 Å². The number of benzene rings is 1. The van der Waals surface area contributed by atoms with Crippen LogP contribution in [0.2, 0.25) is 0 Å². The van der Waals surface area contributed by atoms with Crippen molar-refractivity contribution in [3.63, 3.8) is 0 Å². The predicted molar refractivity (Wildman–Crippen MR) is 109 cm³/mol. The average Bonchev–Trinajstić information content (AvgIpc) is 3.08. The molecule has 4 unspecified atom stereocenters. The van der Waals surface area contributed by atoms with Crippen LogP contribution >= 0.6 is 0 Å². The van der Waals surface area contributed by atoms with E-state index in [2.05, 4.69) is 36.3 Å². The molecule has 0 radical (unpaired) electrons. The molecule has 0 saturated heterocycles. The first-order valence-electron chi connectivity index (χ1n) is 10.3. The maximum absolute atomic E-state index is 11.1. The van der Waals surface area contributed by atoms with Crippen LogP contribution in [0.1, 0.15) is 67.1 Å². The van der Waals surface area contributed by atoms with Crippen LogP contribution in [-0.4, -0.2) is 16.9 Å². The van der Waals surface area contributed by atoms with E-state index in [4.69, 9.17) is 10.5 Å². The molecule has 3 N–H and O–H groups in total. The van der Waals surface area contributed by atoms with Crippen LogP contribution in [0.15, 0.2) is 36.5 Å². The molecule has 4 atom stereocenters. The van der Waals surface area contributed by atoms with Gasteiger partial charge in [-0.05, 0) is 60.4 Å². The van der Waals surface area contributed by atoms with Crippen LogP contribution < -0.4 is 15.8 Å². The molecule has 1 aromatic heterocycles. The van der Waals surface area contributed by atoms with Crippen molar-refractivity contribution in [3.05, 3.63) is 53.2 Å². The minimum absolute atomic E-state index is 0.376. The highest BCUT2D eigenvalue weighted by molar-refractivity contribution is 5.92. The smallest absolute Gasteiger partial charge is 0.250 e. The standard InChI is InChI=1S/C23H29N3O2/c1-14-4-3-5-20(15(14)2)26-21-10-6-16-12-18(8-9-19(16)21)28-22-11-7-17(13-25-22)23(24)27/h7-9,11-15,20-21,26H,3-6,10H2,1-2H3,(H2,24,27). The third-order valence-electron chi connectivity index (χ3n) is 6.56. The number of pyridine rings is 1. The van der Waals surface area contributed by atoms with Crippen molar-refractivity contribution in [1.29, 1.82) is 0 Å². The van der Waals surface area contributed by atoms with E-state index in [1.54, 1.807) is 12.1 Å². The molecule has 28 heavy (non-hydrogen) atoms. The van der Waals surface area contributed by atoms with Gasteiger partial charge in [-0.3, -0.25) is 4.79 Å². The van der Waals surface area contributed by atoms with Crippen LogP contribution in [0.25, 0.3) is 0 Å². The number of primary amides is 1. The topological polar surface area (TPSA) is 77.2 Å². The first-order valence-corrected chi connectivity index (χ1v) is 10.3. The summed E-state index contributed by atoms with van der Waals surface area (Å²) in [6.45, 7) is 4.78. The molecule has 148 valence electrons. The Hall–Kier alpha value is -2.40. The molecule has 1 amide bonds. The number of nitrogens with one attached hydrogen (secondary N) is 1. The molecule has 1 saturated carbocycles. The molecule has 1 fully saturated rings. The van der Waals surface area contributed by atoms with Gasteiger partial charge in [-0.15, -0.1) is 0 Å². The first kappa shape index (κ1) is 18.9. The number of nitrogens with zero attached hydrogens (tertiary/aromatic N) is 1. The van der Waals surface area contributed by atoms with E-state index in [0.717, 1.165) is 30.4 Å². The summed E-state index contributed by atoms with van der Waals surface area (Å²) < 4.78 is 5.87. The molecule has 4 rings (SSSR count). The third-order valence-corrected chi connectivity index (χ3v) is 6.56. The molecule has 0 aliphatic heterocycles. The van der Waals surface area contributed by atoms with E-state index >= 15 is 0 Å². The highest BCUT2D eigenvalue weighted by Crippen LogP contribution is 2.37. The molecule has 2 aromatic rings. The normalized spacial score (nSPS) is 26.6. The molecule has 2 aliphatic carbocycles. The summed E-state index contributed by atoms with van der Waals surface area (Å²) in [6.07, 6.45) is 7.62. The number of amides is 1. The Morgan fingerprint density at radius 3 is 2.79 bits per heavy atom. The summed E-state index contributed by atoms with van der Waals surface area (Å²) in [7, 11) is 0. The van der Waals surface area contributed by atoms with E-state index < -0.39 is 5.91 Å². The lowest BCUT2D eigenvalue weighted by atomic mass is 9.77. The molecular weight excluding hydrogens is 350 g/mol. The van der Waals surface area contributed by atoms with Gasteiger partial charge in [0.25, 0.3) is 0 Å². The summed E-state index contributed by atoms with van der Waals surface area (Å²) in [6, 6.07) is 10.7. The maximum Gasteiger partial charge on any atom is 0.250 e. The van der Waals surface area contributed by atoms with Crippen LogP contribution in [0, 0.1) is 11.8 Å². The number of fused-ring (bicyclic) bond motifs is 1. The summed E-state index contributed by atoms with van der Waals surface area (Å²) in [5.74, 6) is 2.28. The summed E-state index contributed by atoms with van der Waals surface area (Å²) in [4.78, 5) is 15.3. The molecule has 2 aliphatic rings. The van der Waals surface area contributed by atoms with E-state index in [-0.39, 0.29) is 0 Å². The Morgan fingerprint density at radius 1 is 1.18 bits per heavy atom. The minimum Gasteiger partial charge on any atom is -0.439 e. The number of rotatable bonds is 5. The van der Waals surface area contributed by atoms with Crippen molar-refractivity contribution in [2.24, 2.45) is 17.6 Å². The van der Waals surface area contributed by atoms with Crippen LogP contribution in [-0.2, 0) is 6.42 Å². The van der Waals surface area contributed by atoms with Gasteiger partial charge in [-0.1, -0.05) is 32.8 Å². The number of ether oxygens (including phenoxy) is 1. The Morgan fingerprint density at radius 2 is 2.04 bits per heavy atom. The van der Waals surface area contributed by atoms with E-state index in [1.807, 2.05) is 6.07 Å². The summed E-state index contributed by atoms with van der Waals surface area (Å²) in [5.41, 5.74) is 8.37. The molecule has 5 nitrogen and oxygen atoms in total. The number of carbonyl (C=O) groups excluding carboxylic acids is 1. The fourth-order valence-electron chi connectivity index (χ4n) is 4.61. The maximum atomic E-state index is 11.1. The molecule has 1 heterocycles. The molecule has 5 heteroatoms. The van der Waals surface area contributed by atoms with Crippen molar-refractivity contribution >= 4 is 5.91 Å². The van der Waals surface area contributed by atoms with Gasteiger partial charge in [0.2, 0.25) is 11.8 Å². The largest absolute Gasteiger partial charge is 0.439 e. The number of aryl methyl sites for hydroxylation is 1. The number of hydrogen-bond acceptors (Lipinski definition) is 4. The molecular formula is C23H29N3O2. The second kappa shape index (κ2) is 7.92. The fourth-order valence-corrected chi connectivity index (χ4v) is 4.61. The SMILES string of the molecule is CC1CCCC(NC2CCc3cc(Oc4ccc(C(N)=O)cn4)ccc32)C1C. The Labute approximate surface area is 166 Å². The molecule has 0 bridgehead atoms.